The van der Waals surface area contributed by atoms with Crippen LogP contribution in [0.4, 0.5) is 0 Å². The molecular weight excluding hydrogens is 485 g/mol. The van der Waals surface area contributed by atoms with E-state index in [0.29, 0.717) is 6.04 Å². The van der Waals surface area contributed by atoms with Crippen LogP contribution in [-0.2, 0) is 6.54 Å². The molecule has 0 saturated carbocycles. The fourth-order valence-electron chi connectivity index (χ4n) is 3.41. The number of nitrogens with one attached hydrogen (secondary N) is 2. The maximum atomic E-state index is 5.30. The van der Waals surface area contributed by atoms with Gasteiger partial charge in [-0.25, -0.2) is 4.98 Å². The van der Waals surface area contributed by atoms with Gasteiger partial charge in [0.15, 0.2) is 5.96 Å². The van der Waals surface area contributed by atoms with Gasteiger partial charge >= 0.3 is 0 Å². The van der Waals surface area contributed by atoms with Crippen molar-refractivity contribution in [1.29, 1.82) is 0 Å². The smallest absolute Gasteiger partial charge is 0.191 e. The summed E-state index contributed by atoms with van der Waals surface area (Å²) in [5.41, 5.74) is 1.30. The Morgan fingerprint density at radius 2 is 1.96 bits per heavy atom. The minimum atomic E-state index is 0. The Hall–Kier alpha value is -1.39. The molecule has 3 rings (SSSR count). The fourth-order valence-corrected chi connectivity index (χ4v) is 4.14. The highest BCUT2D eigenvalue weighted by atomic mass is 127. The molecule has 2 heterocycles. The van der Waals surface area contributed by atoms with Crippen molar-refractivity contribution >= 4 is 41.3 Å². The molecule has 0 amide bonds. The van der Waals surface area contributed by atoms with Crippen molar-refractivity contribution < 1.29 is 4.74 Å². The third-order valence-corrected chi connectivity index (χ3v) is 5.78. The normalized spacial score (nSPS) is 15.8. The van der Waals surface area contributed by atoms with E-state index >= 15 is 0 Å². The van der Waals surface area contributed by atoms with Crippen LogP contribution >= 0.6 is 35.3 Å². The van der Waals surface area contributed by atoms with Crippen molar-refractivity contribution in [2.45, 2.75) is 32.4 Å². The molecule has 8 heteroatoms. The van der Waals surface area contributed by atoms with Crippen LogP contribution < -0.4 is 15.4 Å². The maximum Gasteiger partial charge on any atom is 0.191 e. The van der Waals surface area contributed by atoms with Gasteiger partial charge in [-0.2, -0.15) is 0 Å². The Balaban J connectivity index is 0.00000280. The van der Waals surface area contributed by atoms with Crippen molar-refractivity contribution in [1.82, 2.24) is 20.5 Å². The van der Waals surface area contributed by atoms with Crippen molar-refractivity contribution in [2.75, 3.05) is 33.8 Å². The van der Waals surface area contributed by atoms with Gasteiger partial charge in [0, 0.05) is 24.7 Å². The van der Waals surface area contributed by atoms with Crippen LogP contribution in [-0.4, -0.2) is 49.6 Å². The first kappa shape index (κ1) is 22.9. The summed E-state index contributed by atoms with van der Waals surface area (Å²) in [6.45, 7) is 5.86. The number of likely N-dealkylation sites (tertiary alicyclic amines) is 1. The maximum absolute atomic E-state index is 5.30. The van der Waals surface area contributed by atoms with Gasteiger partial charge < -0.3 is 15.4 Å². The van der Waals surface area contributed by atoms with E-state index in [4.69, 9.17) is 4.74 Å². The first-order valence-electron chi connectivity index (χ1n) is 9.43. The summed E-state index contributed by atoms with van der Waals surface area (Å²) in [4.78, 5) is 12.4. The predicted octanol–water partition coefficient (Wildman–Crippen LogP) is 3.58. The van der Waals surface area contributed by atoms with Gasteiger partial charge in [0.2, 0.25) is 0 Å². The molecule has 1 atom stereocenters. The first-order valence-corrected chi connectivity index (χ1v) is 10.2. The zero-order valence-electron chi connectivity index (χ0n) is 16.8. The minimum Gasteiger partial charge on any atom is -0.497 e. The van der Waals surface area contributed by atoms with Crippen molar-refractivity contribution in [3.63, 3.8) is 0 Å². The van der Waals surface area contributed by atoms with Crippen molar-refractivity contribution in [3.8, 4) is 5.75 Å². The average Bonchev–Trinajstić information content (AvgIpc) is 3.37. The number of aromatic nitrogens is 1. The summed E-state index contributed by atoms with van der Waals surface area (Å²) in [6.07, 6.45) is 4.46. The number of hydrogen-bond acceptors (Lipinski definition) is 5. The zero-order chi connectivity index (χ0) is 19.1. The molecule has 1 saturated heterocycles. The van der Waals surface area contributed by atoms with Crippen molar-refractivity contribution in [2.24, 2.45) is 4.99 Å². The molecule has 0 bridgehead atoms. The summed E-state index contributed by atoms with van der Waals surface area (Å²) in [5, 5.41) is 7.97. The van der Waals surface area contributed by atoms with Gasteiger partial charge in [-0.05, 0) is 50.6 Å². The first-order chi connectivity index (χ1) is 13.2. The molecule has 1 fully saturated rings. The molecule has 2 N–H and O–H groups in total. The topological polar surface area (TPSA) is 61.8 Å². The molecule has 1 aliphatic heterocycles. The van der Waals surface area contributed by atoms with Crippen LogP contribution in [0.25, 0.3) is 0 Å². The van der Waals surface area contributed by atoms with E-state index in [2.05, 4.69) is 37.6 Å². The lowest BCUT2D eigenvalue weighted by Crippen LogP contribution is -2.42. The van der Waals surface area contributed by atoms with E-state index in [-0.39, 0.29) is 24.0 Å². The van der Waals surface area contributed by atoms with E-state index in [1.807, 2.05) is 32.3 Å². The summed E-state index contributed by atoms with van der Waals surface area (Å²) in [7, 11) is 3.51. The molecule has 0 aliphatic carbocycles. The van der Waals surface area contributed by atoms with Crippen LogP contribution in [0, 0.1) is 6.92 Å². The summed E-state index contributed by atoms with van der Waals surface area (Å²) in [5.74, 6) is 1.71. The summed E-state index contributed by atoms with van der Waals surface area (Å²) in [6, 6.07) is 8.73. The second-order valence-corrected chi connectivity index (χ2v) is 8.00. The number of nitrogens with zero attached hydrogens (tertiary/aromatic N) is 3. The van der Waals surface area contributed by atoms with Gasteiger partial charge in [-0.1, -0.05) is 12.1 Å². The SMILES string of the molecule is CN=C(NCc1cnc(C)s1)NCC(c1ccc(OC)cc1)N1CCCC1.I. The highest BCUT2D eigenvalue weighted by Crippen LogP contribution is 2.26. The summed E-state index contributed by atoms with van der Waals surface area (Å²) >= 11 is 1.71. The number of methoxy groups -OCH3 is 1. The monoisotopic (exact) mass is 515 g/mol. The molecule has 28 heavy (non-hydrogen) atoms. The highest BCUT2D eigenvalue weighted by Gasteiger charge is 2.23. The van der Waals surface area contributed by atoms with E-state index in [0.717, 1.165) is 42.9 Å². The molecular formula is C20H30IN5OS. The Kier molecular flexibility index (Phi) is 9.46. The van der Waals surface area contributed by atoms with Gasteiger partial charge in [0.05, 0.1) is 24.7 Å². The Bertz CT molecular complexity index is 743. The van der Waals surface area contributed by atoms with Crippen LogP contribution in [0.2, 0.25) is 0 Å². The number of aliphatic imine (C=N–C) groups is 1. The Labute approximate surface area is 188 Å². The van der Waals surface area contributed by atoms with Crippen molar-refractivity contribution in [3.05, 3.63) is 45.9 Å². The zero-order valence-corrected chi connectivity index (χ0v) is 19.9. The fraction of sp³-hybridized carbons (Fsp3) is 0.500. The number of ether oxygens (including phenoxy) is 1. The van der Waals surface area contributed by atoms with Gasteiger partial charge in [0.1, 0.15) is 5.75 Å². The number of guanidine groups is 1. The number of thiazole rings is 1. The molecule has 1 aromatic carbocycles. The lowest BCUT2D eigenvalue weighted by molar-refractivity contribution is 0.245. The number of hydrogen-bond donors (Lipinski definition) is 2. The molecule has 1 aromatic heterocycles. The van der Waals surface area contributed by atoms with E-state index in [1.54, 1.807) is 18.4 Å². The predicted molar refractivity (Wildman–Crippen MR) is 127 cm³/mol. The largest absolute Gasteiger partial charge is 0.497 e. The third kappa shape index (κ3) is 6.31. The Morgan fingerprint density at radius 3 is 2.54 bits per heavy atom. The number of benzene rings is 1. The molecule has 154 valence electrons. The van der Waals surface area contributed by atoms with Crippen LogP contribution in [0.3, 0.4) is 0 Å². The average molecular weight is 515 g/mol. The standard InChI is InChI=1S/C20H29N5OS.HI/c1-15-22-12-18(27-15)13-23-20(21-2)24-14-19(25-10-4-5-11-25)16-6-8-17(26-3)9-7-16;/h6-9,12,19H,4-5,10-11,13-14H2,1-3H3,(H2,21,23,24);1H. The third-order valence-electron chi connectivity index (χ3n) is 4.87. The molecule has 0 radical (unpaired) electrons. The number of halogens is 1. The van der Waals surface area contributed by atoms with E-state index in [1.165, 1.54) is 23.3 Å². The Morgan fingerprint density at radius 1 is 1.25 bits per heavy atom. The molecule has 1 unspecified atom stereocenters. The van der Waals surface area contributed by atoms with Crippen LogP contribution in [0.1, 0.15) is 34.3 Å². The van der Waals surface area contributed by atoms with Crippen LogP contribution in [0.5, 0.6) is 5.75 Å². The molecule has 1 aliphatic rings. The molecule has 2 aromatic rings. The van der Waals surface area contributed by atoms with Gasteiger partial charge in [-0.15, -0.1) is 35.3 Å². The van der Waals surface area contributed by atoms with Gasteiger partial charge in [0.25, 0.3) is 0 Å². The molecule has 6 nitrogen and oxygen atoms in total. The second-order valence-electron chi connectivity index (χ2n) is 6.68. The summed E-state index contributed by atoms with van der Waals surface area (Å²) < 4.78 is 5.30. The number of aryl methyl sites for hydroxylation is 1. The quantitative estimate of drug-likeness (QED) is 0.336. The lowest BCUT2D eigenvalue weighted by atomic mass is 10.1. The lowest BCUT2D eigenvalue weighted by Gasteiger charge is -2.29. The van der Waals surface area contributed by atoms with E-state index in [9.17, 15) is 0 Å². The van der Waals surface area contributed by atoms with E-state index < -0.39 is 0 Å². The second kappa shape index (κ2) is 11.6. The number of rotatable bonds is 7. The van der Waals surface area contributed by atoms with Gasteiger partial charge in [-0.3, -0.25) is 9.89 Å². The van der Waals surface area contributed by atoms with Crippen LogP contribution in [0.15, 0.2) is 35.5 Å². The molecule has 0 spiro atoms. The minimum absolute atomic E-state index is 0. The highest BCUT2D eigenvalue weighted by molar-refractivity contribution is 14.0.